The largest absolute Gasteiger partial charge is 0.333 e. The molecule has 0 aliphatic heterocycles. The van der Waals surface area contributed by atoms with Crippen molar-refractivity contribution in [1.29, 1.82) is 0 Å². The number of aryl methyl sites for hydroxylation is 2. The molecule has 0 bridgehead atoms. The topological polar surface area (TPSA) is 51.0 Å². The van der Waals surface area contributed by atoms with Gasteiger partial charge < -0.3 is 4.90 Å². The molecule has 5 nitrogen and oxygen atoms in total. The van der Waals surface area contributed by atoms with E-state index in [-0.39, 0.29) is 5.91 Å². The van der Waals surface area contributed by atoms with E-state index in [0.29, 0.717) is 24.0 Å². The smallest absolute Gasteiger partial charge is 0.233 e. The van der Waals surface area contributed by atoms with Gasteiger partial charge in [0.15, 0.2) is 5.16 Å². The van der Waals surface area contributed by atoms with E-state index >= 15 is 0 Å². The van der Waals surface area contributed by atoms with E-state index in [9.17, 15) is 4.79 Å². The molecule has 3 rings (SSSR count). The first kappa shape index (κ1) is 19.4. The highest BCUT2D eigenvalue weighted by Crippen LogP contribution is 2.22. The Morgan fingerprint density at radius 2 is 2.19 bits per heavy atom. The molecule has 0 atom stereocenters. The van der Waals surface area contributed by atoms with Gasteiger partial charge in [-0.15, -0.1) is 28.1 Å². The number of benzene rings is 1. The van der Waals surface area contributed by atoms with E-state index in [1.54, 1.807) is 23.7 Å². The Labute approximate surface area is 167 Å². The molecule has 140 valence electrons. The van der Waals surface area contributed by atoms with Crippen molar-refractivity contribution in [3.63, 3.8) is 0 Å². The first-order valence-electron chi connectivity index (χ1n) is 8.60. The predicted octanol–water partition coefficient (Wildman–Crippen LogP) is 4.25. The highest BCUT2D eigenvalue weighted by atomic mass is 32.2. The number of thiophene rings is 1. The molecule has 27 heavy (non-hydrogen) atoms. The minimum atomic E-state index is 0.0583. The van der Waals surface area contributed by atoms with Crippen LogP contribution in [-0.4, -0.2) is 37.9 Å². The number of hydrogen-bond donors (Lipinski definition) is 0. The maximum Gasteiger partial charge on any atom is 0.233 e. The normalized spacial score (nSPS) is 10.7. The van der Waals surface area contributed by atoms with Gasteiger partial charge in [0.05, 0.1) is 12.3 Å². The van der Waals surface area contributed by atoms with Crippen LogP contribution < -0.4 is 0 Å². The van der Waals surface area contributed by atoms with Crippen LogP contribution in [0.4, 0.5) is 0 Å². The zero-order chi connectivity index (χ0) is 19.2. The zero-order valence-corrected chi connectivity index (χ0v) is 17.1. The van der Waals surface area contributed by atoms with Crippen molar-refractivity contribution in [3.05, 3.63) is 70.7 Å². The highest BCUT2D eigenvalue weighted by molar-refractivity contribution is 7.99. The molecule has 0 fully saturated rings. The summed E-state index contributed by atoms with van der Waals surface area (Å²) in [6, 6.07) is 10.3. The van der Waals surface area contributed by atoms with Gasteiger partial charge in [-0.1, -0.05) is 30.0 Å². The lowest BCUT2D eigenvalue weighted by molar-refractivity contribution is -0.128. The standard InChI is InChI=1S/C20H22N4OS2/c1-4-9-23(12-18-6-5-10-26-18)19(25)13-27-20-22-21-14-24(20)17-8-7-15(2)16(3)11-17/h4-8,10-11,14H,1,9,12-13H2,2-3H3. The quantitative estimate of drug-likeness (QED) is 0.420. The number of thioether (sulfide) groups is 1. The summed E-state index contributed by atoms with van der Waals surface area (Å²) >= 11 is 3.05. The number of hydrogen-bond acceptors (Lipinski definition) is 5. The lowest BCUT2D eigenvalue weighted by Gasteiger charge is -2.20. The van der Waals surface area contributed by atoms with E-state index in [0.717, 1.165) is 10.6 Å². The third kappa shape index (κ3) is 4.87. The van der Waals surface area contributed by atoms with Crippen LogP contribution in [0.15, 0.2) is 59.9 Å². The first-order chi connectivity index (χ1) is 13.1. The van der Waals surface area contributed by atoms with Gasteiger partial charge in [0.1, 0.15) is 6.33 Å². The van der Waals surface area contributed by atoms with Crippen molar-refractivity contribution in [1.82, 2.24) is 19.7 Å². The van der Waals surface area contributed by atoms with Crippen molar-refractivity contribution >= 4 is 29.0 Å². The van der Waals surface area contributed by atoms with E-state index in [1.165, 1.54) is 22.9 Å². The average Bonchev–Trinajstić information content (AvgIpc) is 3.33. The van der Waals surface area contributed by atoms with Gasteiger partial charge in [-0.2, -0.15) is 0 Å². The highest BCUT2D eigenvalue weighted by Gasteiger charge is 2.16. The minimum absolute atomic E-state index is 0.0583. The molecule has 0 N–H and O–H groups in total. The number of carbonyl (C=O) groups excluding carboxylic acids is 1. The van der Waals surface area contributed by atoms with Crippen LogP contribution in [0.5, 0.6) is 0 Å². The fourth-order valence-electron chi connectivity index (χ4n) is 2.59. The molecule has 3 aromatic rings. The van der Waals surface area contributed by atoms with Gasteiger partial charge in [-0.05, 0) is 48.6 Å². The van der Waals surface area contributed by atoms with Gasteiger partial charge in [0, 0.05) is 17.1 Å². The number of carbonyl (C=O) groups is 1. The van der Waals surface area contributed by atoms with Crippen LogP contribution >= 0.6 is 23.1 Å². The molecular formula is C20H22N4OS2. The van der Waals surface area contributed by atoms with E-state index < -0.39 is 0 Å². The summed E-state index contributed by atoms with van der Waals surface area (Å²) in [6.45, 7) is 9.07. The monoisotopic (exact) mass is 398 g/mol. The van der Waals surface area contributed by atoms with Crippen LogP contribution in [0.25, 0.3) is 5.69 Å². The zero-order valence-electron chi connectivity index (χ0n) is 15.5. The summed E-state index contributed by atoms with van der Waals surface area (Å²) in [6.07, 6.45) is 3.44. The molecule has 0 unspecified atom stereocenters. The van der Waals surface area contributed by atoms with E-state index in [1.807, 2.05) is 33.0 Å². The molecular weight excluding hydrogens is 376 g/mol. The third-order valence-corrected chi connectivity index (χ3v) is 6.03. The second-order valence-corrected chi connectivity index (χ2v) is 8.16. The van der Waals surface area contributed by atoms with Gasteiger partial charge >= 0.3 is 0 Å². The third-order valence-electron chi connectivity index (χ3n) is 4.24. The van der Waals surface area contributed by atoms with Crippen molar-refractivity contribution < 1.29 is 4.79 Å². The van der Waals surface area contributed by atoms with Crippen LogP contribution in [0.2, 0.25) is 0 Å². The van der Waals surface area contributed by atoms with Gasteiger partial charge in [0.2, 0.25) is 5.91 Å². The maximum atomic E-state index is 12.7. The Kier molecular flexibility index (Phi) is 6.47. The summed E-state index contributed by atoms with van der Waals surface area (Å²) in [5, 5.41) is 10.9. The molecule has 1 amide bonds. The van der Waals surface area contributed by atoms with Gasteiger partial charge in [0.25, 0.3) is 0 Å². The lowest BCUT2D eigenvalue weighted by atomic mass is 10.1. The molecule has 2 heterocycles. The Morgan fingerprint density at radius 3 is 2.89 bits per heavy atom. The predicted molar refractivity (Wildman–Crippen MR) is 111 cm³/mol. The van der Waals surface area contributed by atoms with Gasteiger partial charge in [-0.25, -0.2) is 0 Å². The average molecular weight is 399 g/mol. The molecule has 0 aliphatic carbocycles. The number of nitrogens with zero attached hydrogens (tertiary/aromatic N) is 4. The molecule has 0 aliphatic rings. The summed E-state index contributed by atoms with van der Waals surface area (Å²) in [4.78, 5) is 15.7. The molecule has 0 radical (unpaired) electrons. The Balaban J connectivity index is 1.69. The Bertz CT molecular complexity index is 918. The van der Waals surface area contributed by atoms with Crippen molar-refractivity contribution in [3.8, 4) is 5.69 Å². The number of amides is 1. The van der Waals surface area contributed by atoms with Crippen molar-refractivity contribution in [2.24, 2.45) is 0 Å². The maximum absolute atomic E-state index is 12.7. The molecule has 7 heteroatoms. The summed E-state index contributed by atoms with van der Waals surface area (Å²) in [7, 11) is 0. The first-order valence-corrected chi connectivity index (χ1v) is 10.5. The van der Waals surface area contributed by atoms with E-state index in [4.69, 9.17) is 0 Å². The minimum Gasteiger partial charge on any atom is -0.333 e. The molecule has 0 saturated carbocycles. The van der Waals surface area contributed by atoms with Crippen molar-refractivity contribution in [2.75, 3.05) is 12.3 Å². The lowest BCUT2D eigenvalue weighted by Crippen LogP contribution is -2.31. The summed E-state index contributed by atoms with van der Waals surface area (Å²) in [5.41, 5.74) is 3.45. The van der Waals surface area contributed by atoms with Crippen LogP contribution in [0.3, 0.4) is 0 Å². The second-order valence-electron chi connectivity index (χ2n) is 6.18. The summed E-state index contributed by atoms with van der Waals surface area (Å²) in [5.74, 6) is 0.367. The van der Waals surface area contributed by atoms with Crippen LogP contribution in [-0.2, 0) is 11.3 Å². The number of rotatable bonds is 8. The SMILES string of the molecule is C=CCN(Cc1cccs1)C(=O)CSc1nncn1-c1ccc(C)c(C)c1. The second kappa shape index (κ2) is 9.01. The van der Waals surface area contributed by atoms with Gasteiger partial charge in [-0.3, -0.25) is 9.36 Å². The van der Waals surface area contributed by atoms with Crippen LogP contribution in [0.1, 0.15) is 16.0 Å². The summed E-state index contributed by atoms with van der Waals surface area (Å²) < 4.78 is 1.92. The molecule has 1 aromatic carbocycles. The number of aromatic nitrogens is 3. The fraction of sp³-hybridized carbons (Fsp3) is 0.250. The fourth-order valence-corrected chi connectivity index (χ4v) is 4.15. The van der Waals surface area contributed by atoms with E-state index in [2.05, 4.69) is 42.8 Å². The molecule has 0 spiro atoms. The Hall–Kier alpha value is -2.38. The molecule has 0 saturated heterocycles. The molecule has 2 aromatic heterocycles. The van der Waals surface area contributed by atoms with Crippen molar-refractivity contribution in [2.45, 2.75) is 25.5 Å². The Morgan fingerprint density at radius 1 is 1.33 bits per heavy atom. The van der Waals surface area contributed by atoms with Crippen LogP contribution in [0, 0.1) is 13.8 Å².